The molecule has 2 fully saturated rings. The zero-order chi connectivity index (χ0) is 19.5. The van der Waals surface area contributed by atoms with Crippen molar-refractivity contribution in [1.29, 1.82) is 0 Å². The Kier molecular flexibility index (Phi) is 5.77. The summed E-state index contributed by atoms with van der Waals surface area (Å²) in [6.45, 7) is 3.23. The van der Waals surface area contributed by atoms with E-state index in [1.54, 1.807) is 23.6 Å². The van der Waals surface area contributed by atoms with Crippen LogP contribution in [0.2, 0.25) is 0 Å². The first-order chi connectivity index (χ1) is 13.6. The SMILES string of the molecule is O=C(NN1C(=O)/C(=C\c2ccc(N3CCOCC3)cc2)SC1=S)c1cccs1. The Morgan fingerprint density at radius 2 is 1.93 bits per heavy atom. The van der Waals surface area contributed by atoms with Crippen LogP contribution in [0.3, 0.4) is 0 Å². The Morgan fingerprint density at radius 3 is 2.61 bits per heavy atom. The number of nitrogens with zero attached hydrogens (tertiary/aromatic N) is 2. The van der Waals surface area contributed by atoms with Crippen molar-refractivity contribution >= 4 is 63.2 Å². The van der Waals surface area contributed by atoms with Gasteiger partial charge in [-0.25, -0.2) is 0 Å². The van der Waals surface area contributed by atoms with E-state index in [9.17, 15) is 9.59 Å². The van der Waals surface area contributed by atoms with Crippen LogP contribution >= 0.6 is 35.3 Å². The molecule has 1 N–H and O–H groups in total. The van der Waals surface area contributed by atoms with E-state index in [1.807, 2.05) is 24.3 Å². The Hall–Kier alpha value is -2.20. The maximum atomic E-state index is 12.7. The number of hydrogen-bond acceptors (Lipinski definition) is 7. The lowest BCUT2D eigenvalue weighted by molar-refractivity contribution is -0.123. The summed E-state index contributed by atoms with van der Waals surface area (Å²) in [7, 11) is 0. The summed E-state index contributed by atoms with van der Waals surface area (Å²) in [4.78, 5) is 28.1. The number of carbonyl (C=O) groups is 2. The molecular formula is C19H17N3O3S3. The third kappa shape index (κ3) is 4.12. The van der Waals surface area contributed by atoms with E-state index < -0.39 is 0 Å². The van der Waals surface area contributed by atoms with Crippen molar-refractivity contribution in [1.82, 2.24) is 10.4 Å². The van der Waals surface area contributed by atoms with Crippen molar-refractivity contribution in [3.05, 3.63) is 57.1 Å². The van der Waals surface area contributed by atoms with Crippen LogP contribution in [0.4, 0.5) is 5.69 Å². The van der Waals surface area contributed by atoms with E-state index in [2.05, 4.69) is 10.3 Å². The number of morpholine rings is 1. The number of thiocarbonyl (C=S) groups is 1. The van der Waals surface area contributed by atoms with Gasteiger partial charge in [-0.1, -0.05) is 30.0 Å². The summed E-state index contributed by atoms with van der Waals surface area (Å²) in [5.41, 5.74) is 4.62. The van der Waals surface area contributed by atoms with Gasteiger partial charge >= 0.3 is 0 Å². The molecule has 3 heterocycles. The summed E-state index contributed by atoms with van der Waals surface area (Å²) < 4.78 is 5.69. The highest BCUT2D eigenvalue weighted by molar-refractivity contribution is 8.26. The molecule has 2 saturated heterocycles. The number of anilines is 1. The van der Waals surface area contributed by atoms with Gasteiger partial charge < -0.3 is 9.64 Å². The average molecular weight is 432 g/mol. The number of ether oxygens (including phenoxy) is 1. The molecule has 9 heteroatoms. The molecule has 2 aliphatic heterocycles. The lowest BCUT2D eigenvalue weighted by Gasteiger charge is -2.28. The minimum Gasteiger partial charge on any atom is -0.378 e. The number of amides is 2. The quantitative estimate of drug-likeness (QED) is 0.593. The van der Waals surface area contributed by atoms with Gasteiger partial charge in [-0.3, -0.25) is 15.0 Å². The molecule has 1 aromatic heterocycles. The fourth-order valence-electron chi connectivity index (χ4n) is 2.88. The smallest absolute Gasteiger partial charge is 0.285 e. The fraction of sp³-hybridized carbons (Fsp3) is 0.211. The Bertz CT molecular complexity index is 920. The van der Waals surface area contributed by atoms with Crippen LogP contribution in [-0.2, 0) is 9.53 Å². The minimum absolute atomic E-state index is 0.311. The molecule has 0 spiro atoms. The number of hydrazine groups is 1. The van der Waals surface area contributed by atoms with Gasteiger partial charge in [-0.2, -0.15) is 5.01 Å². The molecule has 0 bridgehead atoms. The number of benzene rings is 1. The van der Waals surface area contributed by atoms with Crippen molar-refractivity contribution in [2.24, 2.45) is 0 Å². The molecule has 0 radical (unpaired) electrons. The molecule has 2 aliphatic rings. The first-order valence-electron chi connectivity index (χ1n) is 8.67. The maximum absolute atomic E-state index is 12.7. The number of hydrogen-bond donors (Lipinski definition) is 1. The third-order valence-electron chi connectivity index (χ3n) is 4.32. The molecule has 0 unspecified atom stereocenters. The normalized spacial score (nSPS) is 18.8. The largest absolute Gasteiger partial charge is 0.378 e. The van der Waals surface area contributed by atoms with E-state index in [0.717, 1.165) is 42.6 Å². The molecule has 2 aromatic rings. The second-order valence-corrected chi connectivity index (χ2v) is 8.75. The van der Waals surface area contributed by atoms with Crippen LogP contribution in [0.5, 0.6) is 0 Å². The highest BCUT2D eigenvalue weighted by Crippen LogP contribution is 2.32. The Labute approximate surface area is 176 Å². The van der Waals surface area contributed by atoms with Crippen LogP contribution in [0, 0.1) is 0 Å². The predicted molar refractivity (Wildman–Crippen MR) is 116 cm³/mol. The van der Waals surface area contributed by atoms with Gasteiger partial charge in [0.1, 0.15) is 0 Å². The van der Waals surface area contributed by atoms with Crippen molar-refractivity contribution in [2.75, 3.05) is 31.2 Å². The molecular weight excluding hydrogens is 414 g/mol. The zero-order valence-electron chi connectivity index (χ0n) is 14.8. The van der Waals surface area contributed by atoms with Crippen molar-refractivity contribution in [2.45, 2.75) is 0 Å². The van der Waals surface area contributed by atoms with Crippen molar-refractivity contribution < 1.29 is 14.3 Å². The molecule has 0 aliphatic carbocycles. The van der Waals surface area contributed by atoms with Crippen LogP contribution in [-0.4, -0.2) is 47.4 Å². The van der Waals surface area contributed by atoms with E-state index in [4.69, 9.17) is 17.0 Å². The van der Waals surface area contributed by atoms with Gasteiger partial charge in [0, 0.05) is 18.8 Å². The summed E-state index contributed by atoms with van der Waals surface area (Å²) in [5.74, 6) is -0.667. The van der Waals surface area contributed by atoms with Gasteiger partial charge in [0.15, 0.2) is 4.32 Å². The standard InChI is InChI=1S/C19H17N3O3S3/c23-17(15-2-1-11-27-15)20-22-18(24)16(28-19(22)26)12-13-3-5-14(6-4-13)21-7-9-25-10-8-21/h1-6,11-12H,7-10H2,(H,20,23)/b16-12+. The topological polar surface area (TPSA) is 61.9 Å². The molecule has 2 amide bonds. The van der Waals surface area contributed by atoms with Gasteiger partial charge in [-0.15, -0.1) is 11.3 Å². The molecule has 28 heavy (non-hydrogen) atoms. The summed E-state index contributed by atoms with van der Waals surface area (Å²) in [6.07, 6.45) is 1.79. The highest BCUT2D eigenvalue weighted by atomic mass is 32.2. The lowest BCUT2D eigenvalue weighted by Crippen LogP contribution is -2.44. The highest BCUT2D eigenvalue weighted by Gasteiger charge is 2.33. The summed E-state index contributed by atoms with van der Waals surface area (Å²) in [6, 6.07) is 11.5. The monoisotopic (exact) mass is 431 g/mol. The van der Waals surface area contributed by atoms with Crippen LogP contribution in [0.1, 0.15) is 15.2 Å². The molecule has 144 valence electrons. The molecule has 1 aromatic carbocycles. The van der Waals surface area contributed by atoms with Gasteiger partial charge in [0.05, 0.1) is 23.0 Å². The van der Waals surface area contributed by atoms with Gasteiger partial charge in [0.2, 0.25) is 0 Å². The fourth-order valence-corrected chi connectivity index (χ4v) is 4.68. The first-order valence-corrected chi connectivity index (χ1v) is 10.8. The number of carbonyl (C=O) groups excluding carboxylic acids is 2. The van der Waals surface area contributed by atoms with E-state index >= 15 is 0 Å². The van der Waals surface area contributed by atoms with Gasteiger partial charge in [0.25, 0.3) is 11.8 Å². The summed E-state index contributed by atoms with van der Waals surface area (Å²) in [5, 5.41) is 2.94. The third-order valence-corrected chi connectivity index (χ3v) is 6.49. The molecule has 6 nitrogen and oxygen atoms in total. The van der Waals surface area contributed by atoms with E-state index in [0.29, 0.717) is 14.1 Å². The molecule has 4 rings (SSSR count). The number of thioether (sulfide) groups is 1. The average Bonchev–Trinajstić information content (AvgIpc) is 3.34. The first kappa shape index (κ1) is 19.1. The van der Waals surface area contributed by atoms with Crippen molar-refractivity contribution in [3.8, 4) is 0 Å². The predicted octanol–water partition coefficient (Wildman–Crippen LogP) is 3.13. The Balaban J connectivity index is 1.45. The number of rotatable bonds is 4. The van der Waals surface area contributed by atoms with Crippen LogP contribution in [0.15, 0.2) is 46.7 Å². The minimum atomic E-state index is -0.345. The van der Waals surface area contributed by atoms with Crippen molar-refractivity contribution in [3.63, 3.8) is 0 Å². The lowest BCUT2D eigenvalue weighted by atomic mass is 10.1. The van der Waals surface area contributed by atoms with Crippen LogP contribution in [0.25, 0.3) is 6.08 Å². The Morgan fingerprint density at radius 1 is 1.18 bits per heavy atom. The second-order valence-electron chi connectivity index (χ2n) is 6.13. The van der Waals surface area contributed by atoms with E-state index in [1.165, 1.54) is 23.1 Å². The maximum Gasteiger partial charge on any atom is 0.285 e. The number of nitrogens with one attached hydrogen (secondary N) is 1. The van der Waals surface area contributed by atoms with E-state index in [-0.39, 0.29) is 11.8 Å². The second kappa shape index (κ2) is 8.44. The zero-order valence-corrected chi connectivity index (χ0v) is 17.2. The summed E-state index contributed by atoms with van der Waals surface area (Å²) >= 11 is 7.75. The molecule has 0 saturated carbocycles. The van der Waals surface area contributed by atoms with Gasteiger partial charge in [-0.05, 0) is 47.4 Å². The number of thiophene rings is 1. The molecule has 0 atom stereocenters. The van der Waals surface area contributed by atoms with Crippen LogP contribution < -0.4 is 10.3 Å².